The molecule has 2 aliphatic heterocycles. The summed E-state index contributed by atoms with van der Waals surface area (Å²) in [5.74, 6) is 3.30. The fraction of sp³-hybridized carbons (Fsp3) is 0.333. The van der Waals surface area contributed by atoms with Crippen molar-refractivity contribution < 1.29 is 9.47 Å². The molecule has 0 radical (unpaired) electrons. The van der Waals surface area contributed by atoms with Gasteiger partial charge in [-0.05, 0) is 62.9 Å². The van der Waals surface area contributed by atoms with Gasteiger partial charge in [-0.2, -0.15) is 4.98 Å². The number of hydrogen-bond acceptors (Lipinski definition) is 6. The predicted octanol–water partition coefficient (Wildman–Crippen LogP) is 4.75. The lowest BCUT2D eigenvalue weighted by atomic mass is 10.1. The summed E-state index contributed by atoms with van der Waals surface area (Å²) >= 11 is 0. The van der Waals surface area contributed by atoms with Gasteiger partial charge in [-0.3, -0.25) is 0 Å². The van der Waals surface area contributed by atoms with Gasteiger partial charge in [-0.15, -0.1) is 0 Å². The van der Waals surface area contributed by atoms with Crippen LogP contribution in [-0.2, 0) is 13.0 Å². The van der Waals surface area contributed by atoms with Crippen LogP contribution in [0.2, 0.25) is 0 Å². The number of rotatable bonds is 4. The van der Waals surface area contributed by atoms with Crippen molar-refractivity contribution in [3.05, 3.63) is 63.8 Å². The molecular weight excluding hydrogens is 376 g/mol. The van der Waals surface area contributed by atoms with E-state index in [1.807, 2.05) is 6.07 Å². The summed E-state index contributed by atoms with van der Waals surface area (Å²) in [6.07, 6.45) is 0.967. The van der Waals surface area contributed by atoms with E-state index in [1.165, 1.54) is 27.8 Å². The van der Waals surface area contributed by atoms with E-state index < -0.39 is 0 Å². The summed E-state index contributed by atoms with van der Waals surface area (Å²) in [4.78, 5) is 12.0. The monoisotopic (exact) mass is 402 g/mol. The van der Waals surface area contributed by atoms with Gasteiger partial charge < -0.3 is 19.7 Å². The van der Waals surface area contributed by atoms with Crippen LogP contribution >= 0.6 is 0 Å². The second-order valence-corrected chi connectivity index (χ2v) is 8.19. The molecule has 154 valence electrons. The molecule has 2 aliphatic rings. The number of anilines is 3. The van der Waals surface area contributed by atoms with E-state index in [0.29, 0.717) is 12.7 Å². The molecule has 0 unspecified atom stereocenters. The van der Waals surface area contributed by atoms with Crippen LogP contribution < -0.4 is 19.7 Å². The van der Waals surface area contributed by atoms with Gasteiger partial charge in [0.25, 0.3) is 0 Å². The van der Waals surface area contributed by atoms with Gasteiger partial charge in [-0.25, -0.2) is 4.98 Å². The zero-order valence-electron chi connectivity index (χ0n) is 17.9. The fourth-order valence-electron chi connectivity index (χ4n) is 4.45. The molecule has 0 amide bonds. The summed E-state index contributed by atoms with van der Waals surface area (Å²) < 4.78 is 11.0. The summed E-state index contributed by atoms with van der Waals surface area (Å²) in [6, 6.07) is 10.5. The first-order valence-electron chi connectivity index (χ1n) is 10.3. The zero-order valence-corrected chi connectivity index (χ0v) is 17.9. The number of ether oxygens (including phenoxy) is 2. The third-order valence-electron chi connectivity index (χ3n) is 5.85. The number of fused-ring (bicyclic) bond motifs is 2. The molecule has 0 aliphatic carbocycles. The second-order valence-electron chi connectivity index (χ2n) is 8.19. The molecule has 6 nitrogen and oxygen atoms in total. The van der Waals surface area contributed by atoms with Crippen molar-refractivity contribution >= 4 is 17.5 Å². The van der Waals surface area contributed by atoms with Crippen molar-refractivity contribution in [3.63, 3.8) is 0 Å². The number of hydrogen-bond donors (Lipinski definition) is 1. The summed E-state index contributed by atoms with van der Waals surface area (Å²) in [5.41, 5.74) is 8.20. The fourth-order valence-corrected chi connectivity index (χ4v) is 4.45. The largest absolute Gasteiger partial charge is 0.454 e. The highest BCUT2D eigenvalue weighted by Crippen LogP contribution is 2.35. The molecule has 5 rings (SSSR count). The van der Waals surface area contributed by atoms with E-state index >= 15 is 0 Å². The van der Waals surface area contributed by atoms with E-state index in [0.717, 1.165) is 48.2 Å². The van der Waals surface area contributed by atoms with Gasteiger partial charge in [-0.1, -0.05) is 23.8 Å². The smallest absolute Gasteiger partial charge is 0.231 e. The highest BCUT2D eigenvalue weighted by Gasteiger charge is 2.25. The standard InChI is InChI=1S/C24H26N4O2/c1-14-9-15(2)22(16(3)10-14)26-24-25-17(4)19-7-8-28(23(19)27-24)12-18-5-6-20-21(11-18)30-13-29-20/h5-6,9-11H,7-8,12-13H2,1-4H3,(H,25,26,27). The molecular formula is C24H26N4O2. The van der Waals surface area contributed by atoms with Gasteiger partial charge in [0.2, 0.25) is 12.7 Å². The van der Waals surface area contributed by atoms with E-state index in [2.05, 4.69) is 62.2 Å². The summed E-state index contributed by atoms with van der Waals surface area (Å²) in [7, 11) is 0. The van der Waals surface area contributed by atoms with Crippen LogP contribution in [0, 0.1) is 27.7 Å². The van der Waals surface area contributed by atoms with Crippen LogP contribution in [0.1, 0.15) is 33.5 Å². The lowest BCUT2D eigenvalue weighted by Crippen LogP contribution is -2.21. The Morgan fingerprint density at radius 2 is 1.73 bits per heavy atom. The summed E-state index contributed by atoms with van der Waals surface area (Å²) in [6.45, 7) is 10.4. The molecule has 1 aromatic heterocycles. The van der Waals surface area contributed by atoms with Gasteiger partial charge >= 0.3 is 0 Å². The van der Waals surface area contributed by atoms with Crippen molar-refractivity contribution in [3.8, 4) is 11.5 Å². The Labute approximate surface area is 176 Å². The van der Waals surface area contributed by atoms with Crippen molar-refractivity contribution in [2.75, 3.05) is 23.6 Å². The van der Waals surface area contributed by atoms with E-state index in [1.54, 1.807) is 0 Å². The van der Waals surface area contributed by atoms with Gasteiger partial charge in [0.05, 0.1) is 0 Å². The van der Waals surface area contributed by atoms with Gasteiger partial charge in [0.15, 0.2) is 11.5 Å². The average Bonchev–Trinajstić information content (AvgIpc) is 3.32. The maximum absolute atomic E-state index is 5.53. The Bertz CT molecular complexity index is 1120. The normalized spacial score (nSPS) is 14.2. The quantitative estimate of drug-likeness (QED) is 0.680. The summed E-state index contributed by atoms with van der Waals surface area (Å²) in [5, 5.41) is 3.47. The van der Waals surface area contributed by atoms with Gasteiger partial charge in [0, 0.05) is 30.0 Å². The lowest BCUT2D eigenvalue weighted by Gasteiger charge is -2.20. The van der Waals surface area contributed by atoms with Crippen LogP contribution in [0.3, 0.4) is 0 Å². The first kappa shape index (κ1) is 18.7. The van der Waals surface area contributed by atoms with E-state index in [-0.39, 0.29) is 0 Å². The van der Waals surface area contributed by atoms with Crippen LogP contribution in [-0.4, -0.2) is 23.3 Å². The lowest BCUT2D eigenvalue weighted by molar-refractivity contribution is 0.174. The Morgan fingerprint density at radius 1 is 0.967 bits per heavy atom. The molecule has 1 N–H and O–H groups in total. The number of aromatic nitrogens is 2. The van der Waals surface area contributed by atoms with Crippen molar-refractivity contribution in [1.29, 1.82) is 0 Å². The highest BCUT2D eigenvalue weighted by atomic mass is 16.7. The molecule has 6 heteroatoms. The maximum atomic E-state index is 5.53. The first-order valence-corrected chi connectivity index (χ1v) is 10.3. The second kappa shape index (κ2) is 7.20. The molecule has 2 aromatic carbocycles. The average molecular weight is 402 g/mol. The zero-order chi connectivity index (χ0) is 20.8. The molecule has 3 heterocycles. The van der Waals surface area contributed by atoms with Crippen molar-refractivity contribution in [1.82, 2.24) is 9.97 Å². The molecule has 0 saturated heterocycles. The van der Waals surface area contributed by atoms with Crippen molar-refractivity contribution in [2.24, 2.45) is 0 Å². The molecule has 0 atom stereocenters. The molecule has 0 fully saturated rings. The molecule has 0 bridgehead atoms. The van der Waals surface area contributed by atoms with Crippen LogP contribution in [0.5, 0.6) is 11.5 Å². The highest BCUT2D eigenvalue weighted by molar-refractivity contribution is 5.66. The van der Waals surface area contributed by atoms with E-state index in [4.69, 9.17) is 19.4 Å². The Morgan fingerprint density at radius 3 is 2.53 bits per heavy atom. The third-order valence-corrected chi connectivity index (χ3v) is 5.85. The van der Waals surface area contributed by atoms with E-state index in [9.17, 15) is 0 Å². The minimum absolute atomic E-state index is 0.296. The predicted molar refractivity (Wildman–Crippen MR) is 118 cm³/mol. The topological polar surface area (TPSA) is 59.5 Å². The Hall–Kier alpha value is -3.28. The van der Waals surface area contributed by atoms with Crippen LogP contribution in [0.4, 0.5) is 17.5 Å². The molecule has 0 saturated carbocycles. The Balaban J connectivity index is 1.43. The van der Waals surface area contributed by atoms with Crippen LogP contribution in [0.25, 0.3) is 0 Å². The minimum Gasteiger partial charge on any atom is -0.454 e. The first-order chi connectivity index (χ1) is 14.5. The number of benzene rings is 2. The molecule has 30 heavy (non-hydrogen) atoms. The maximum Gasteiger partial charge on any atom is 0.231 e. The number of nitrogens with one attached hydrogen (secondary N) is 1. The van der Waals surface area contributed by atoms with Gasteiger partial charge in [0.1, 0.15) is 5.82 Å². The molecule has 3 aromatic rings. The Kier molecular flexibility index (Phi) is 4.50. The number of aryl methyl sites for hydroxylation is 4. The molecule has 0 spiro atoms. The van der Waals surface area contributed by atoms with Crippen LogP contribution in [0.15, 0.2) is 30.3 Å². The number of nitrogens with zero attached hydrogens (tertiary/aromatic N) is 3. The minimum atomic E-state index is 0.296. The van der Waals surface area contributed by atoms with Crippen molar-refractivity contribution in [2.45, 2.75) is 40.7 Å². The third kappa shape index (κ3) is 3.32. The SMILES string of the molecule is Cc1cc(C)c(Nc2nc(C)c3c(n2)N(Cc2ccc4c(c2)OCO4)CC3)c(C)c1.